The first-order valence-corrected chi connectivity index (χ1v) is 5.79. The van der Waals surface area contributed by atoms with Crippen molar-refractivity contribution in [2.24, 2.45) is 0 Å². The standard InChI is InChI=1S/C12H17BO3/c1-4-9-12-10(14-3)7-6-8-11(12)16-13(5-2)15-9/h6-9H,4-5H2,1-3H3. The highest BCUT2D eigenvalue weighted by molar-refractivity contribution is 6.45. The molecule has 3 nitrogen and oxygen atoms in total. The van der Waals surface area contributed by atoms with Gasteiger partial charge >= 0.3 is 7.12 Å². The first-order valence-electron chi connectivity index (χ1n) is 5.79. The van der Waals surface area contributed by atoms with Gasteiger partial charge in [0.05, 0.1) is 18.8 Å². The Kier molecular flexibility index (Phi) is 3.39. The van der Waals surface area contributed by atoms with E-state index in [2.05, 4.69) is 13.8 Å². The highest BCUT2D eigenvalue weighted by atomic mass is 16.6. The van der Waals surface area contributed by atoms with Crippen molar-refractivity contribution < 1.29 is 14.0 Å². The fourth-order valence-electron chi connectivity index (χ4n) is 2.02. The largest absolute Gasteiger partial charge is 0.536 e. The van der Waals surface area contributed by atoms with Gasteiger partial charge in [-0.05, 0) is 24.9 Å². The number of benzene rings is 1. The minimum atomic E-state index is -0.135. The summed E-state index contributed by atoms with van der Waals surface area (Å²) in [6, 6.07) is 5.87. The Balaban J connectivity index is 2.41. The summed E-state index contributed by atoms with van der Waals surface area (Å²) < 4.78 is 17.0. The molecule has 0 saturated carbocycles. The monoisotopic (exact) mass is 220 g/mol. The molecule has 0 radical (unpaired) electrons. The molecule has 0 spiro atoms. The molecular formula is C12H17BO3. The van der Waals surface area contributed by atoms with Gasteiger partial charge in [0.15, 0.2) is 0 Å². The van der Waals surface area contributed by atoms with Crippen LogP contribution >= 0.6 is 0 Å². The van der Waals surface area contributed by atoms with E-state index < -0.39 is 0 Å². The van der Waals surface area contributed by atoms with Gasteiger partial charge in [0.1, 0.15) is 11.5 Å². The molecule has 0 aromatic heterocycles. The summed E-state index contributed by atoms with van der Waals surface area (Å²) in [5.41, 5.74) is 1.04. The van der Waals surface area contributed by atoms with E-state index >= 15 is 0 Å². The summed E-state index contributed by atoms with van der Waals surface area (Å²) in [4.78, 5) is 0. The van der Waals surface area contributed by atoms with Crippen LogP contribution in [0.15, 0.2) is 18.2 Å². The van der Waals surface area contributed by atoms with Crippen molar-refractivity contribution in [2.75, 3.05) is 7.11 Å². The van der Waals surface area contributed by atoms with E-state index in [9.17, 15) is 0 Å². The first kappa shape index (κ1) is 11.3. The third-order valence-electron chi connectivity index (χ3n) is 2.85. The van der Waals surface area contributed by atoms with Gasteiger partial charge < -0.3 is 14.0 Å². The van der Waals surface area contributed by atoms with Crippen molar-refractivity contribution in [3.63, 3.8) is 0 Å². The molecule has 2 rings (SSSR count). The second kappa shape index (κ2) is 4.79. The van der Waals surface area contributed by atoms with Crippen LogP contribution in [-0.4, -0.2) is 14.2 Å². The van der Waals surface area contributed by atoms with Gasteiger partial charge in [-0.3, -0.25) is 0 Å². The van der Waals surface area contributed by atoms with E-state index in [1.807, 2.05) is 18.2 Å². The van der Waals surface area contributed by atoms with Crippen LogP contribution in [-0.2, 0) is 4.65 Å². The molecule has 0 saturated heterocycles. The Morgan fingerprint density at radius 1 is 1.38 bits per heavy atom. The quantitative estimate of drug-likeness (QED) is 0.732. The first-order chi connectivity index (χ1) is 7.80. The SMILES string of the molecule is CCB1Oc2cccc(OC)c2C(CC)O1. The fourth-order valence-corrected chi connectivity index (χ4v) is 2.02. The summed E-state index contributed by atoms with van der Waals surface area (Å²) in [5.74, 6) is 1.74. The number of rotatable bonds is 3. The highest BCUT2D eigenvalue weighted by Gasteiger charge is 2.33. The Morgan fingerprint density at radius 2 is 2.19 bits per heavy atom. The number of fused-ring (bicyclic) bond motifs is 1. The summed E-state index contributed by atoms with van der Waals surface area (Å²) >= 11 is 0. The van der Waals surface area contributed by atoms with Crippen molar-refractivity contribution in [1.29, 1.82) is 0 Å². The Labute approximate surface area is 96.8 Å². The third-order valence-corrected chi connectivity index (χ3v) is 2.85. The van der Waals surface area contributed by atoms with Crippen LogP contribution < -0.4 is 9.39 Å². The van der Waals surface area contributed by atoms with Gasteiger partial charge in [-0.15, -0.1) is 0 Å². The molecule has 1 heterocycles. The molecule has 0 amide bonds. The van der Waals surface area contributed by atoms with Crippen molar-refractivity contribution >= 4 is 7.12 Å². The fraction of sp³-hybridized carbons (Fsp3) is 0.500. The number of hydrogen-bond donors (Lipinski definition) is 0. The zero-order valence-corrected chi connectivity index (χ0v) is 10.0. The van der Waals surface area contributed by atoms with E-state index in [-0.39, 0.29) is 13.2 Å². The summed E-state index contributed by atoms with van der Waals surface area (Å²) in [7, 11) is 1.54. The van der Waals surface area contributed by atoms with Crippen molar-refractivity contribution in [3.05, 3.63) is 23.8 Å². The van der Waals surface area contributed by atoms with Gasteiger partial charge in [0.2, 0.25) is 0 Å². The average molecular weight is 220 g/mol. The molecular weight excluding hydrogens is 203 g/mol. The lowest BCUT2D eigenvalue weighted by Crippen LogP contribution is -2.32. The van der Waals surface area contributed by atoms with Crippen LogP contribution in [0.4, 0.5) is 0 Å². The predicted octanol–water partition coefficient (Wildman–Crippen LogP) is 3.06. The molecule has 1 aromatic carbocycles. The molecule has 1 unspecified atom stereocenters. The maximum atomic E-state index is 5.85. The van der Waals surface area contributed by atoms with Crippen LogP contribution in [0.5, 0.6) is 11.5 Å². The Morgan fingerprint density at radius 3 is 2.81 bits per heavy atom. The Bertz CT molecular complexity index is 367. The Hall–Kier alpha value is -1.16. The number of methoxy groups -OCH3 is 1. The van der Waals surface area contributed by atoms with E-state index in [0.717, 1.165) is 29.8 Å². The lowest BCUT2D eigenvalue weighted by Gasteiger charge is -2.31. The number of ether oxygens (including phenoxy) is 1. The van der Waals surface area contributed by atoms with Crippen molar-refractivity contribution in [2.45, 2.75) is 32.7 Å². The zero-order chi connectivity index (χ0) is 11.5. The van der Waals surface area contributed by atoms with Crippen LogP contribution in [0.2, 0.25) is 6.32 Å². The second-order valence-corrected chi connectivity index (χ2v) is 3.86. The summed E-state index contributed by atoms with van der Waals surface area (Å²) in [6.45, 7) is 4.17. The van der Waals surface area contributed by atoms with Crippen LogP contribution in [0.25, 0.3) is 0 Å². The van der Waals surface area contributed by atoms with Crippen molar-refractivity contribution in [3.8, 4) is 11.5 Å². The molecule has 1 aromatic rings. The molecule has 0 aliphatic carbocycles. The smallest absolute Gasteiger partial charge is 0.525 e. The molecule has 4 heteroatoms. The molecule has 1 atom stereocenters. The van der Waals surface area contributed by atoms with E-state index in [0.29, 0.717) is 0 Å². The van der Waals surface area contributed by atoms with Gasteiger partial charge in [0, 0.05) is 0 Å². The predicted molar refractivity (Wildman–Crippen MR) is 64.0 cm³/mol. The average Bonchev–Trinajstić information content (AvgIpc) is 2.36. The van der Waals surface area contributed by atoms with E-state index in [1.165, 1.54) is 0 Å². The van der Waals surface area contributed by atoms with E-state index in [1.54, 1.807) is 7.11 Å². The minimum Gasteiger partial charge on any atom is -0.536 e. The van der Waals surface area contributed by atoms with Gasteiger partial charge in [-0.2, -0.15) is 0 Å². The molecule has 1 aliphatic heterocycles. The molecule has 86 valence electrons. The zero-order valence-electron chi connectivity index (χ0n) is 10.0. The summed E-state index contributed by atoms with van der Waals surface area (Å²) in [5, 5.41) is 0. The molecule has 0 bridgehead atoms. The molecule has 0 fully saturated rings. The minimum absolute atomic E-state index is 0.0739. The third kappa shape index (κ3) is 1.89. The van der Waals surface area contributed by atoms with Gasteiger partial charge in [-0.25, -0.2) is 0 Å². The second-order valence-electron chi connectivity index (χ2n) is 3.86. The molecule has 0 N–H and O–H groups in total. The van der Waals surface area contributed by atoms with Crippen LogP contribution in [0, 0.1) is 0 Å². The maximum absolute atomic E-state index is 5.85. The van der Waals surface area contributed by atoms with Gasteiger partial charge in [-0.1, -0.05) is 19.9 Å². The lowest BCUT2D eigenvalue weighted by molar-refractivity contribution is 0.142. The molecule has 1 aliphatic rings. The summed E-state index contributed by atoms with van der Waals surface area (Å²) in [6.07, 6.45) is 1.85. The normalized spacial score (nSPS) is 18.9. The maximum Gasteiger partial charge on any atom is 0.525 e. The van der Waals surface area contributed by atoms with Crippen molar-refractivity contribution in [1.82, 2.24) is 0 Å². The number of hydrogen-bond acceptors (Lipinski definition) is 3. The van der Waals surface area contributed by atoms with Crippen LogP contribution in [0.3, 0.4) is 0 Å². The van der Waals surface area contributed by atoms with E-state index in [4.69, 9.17) is 14.0 Å². The topological polar surface area (TPSA) is 27.7 Å². The highest BCUT2D eigenvalue weighted by Crippen LogP contribution is 2.41. The lowest BCUT2D eigenvalue weighted by atomic mass is 9.82. The molecule has 16 heavy (non-hydrogen) atoms. The van der Waals surface area contributed by atoms with Gasteiger partial charge in [0.25, 0.3) is 0 Å². The van der Waals surface area contributed by atoms with Crippen LogP contribution in [0.1, 0.15) is 31.9 Å².